The predicted molar refractivity (Wildman–Crippen MR) is 103 cm³/mol. The zero-order chi connectivity index (χ0) is 18.5. The molecule has 1 saturated carbocycles. The van der Waals surface area contributed by atoms with E-state index in [-0.39, 0.29) is 17.9 Å². The first-order chi connectivity index (χ1) is 12.5. The van der Waals surface area contributed by atoms with Gasteiger partial charge in [-0.2, -0.15) is 0 Å². The van der Waals surface area contributed by atoms with Crippen LogP contribution in [0.1, 0.15) is 19.8 Å². The monoisotopic (exact) mass is 378 g/mol. The van der Waals surface area contributed by atoms with Gasteiger partial charge in [0, 0.05) is 32.2 Å². The summed E-state index contributed by atoms with van der Waals surface area (Å²) < 4.78 is 0. The van der Waals surface area contributed by atoms with Gasteiger partial charge in [-0.15, -0.1) is 0 Å². The van der Waals surface area contributed by atoms with Gasteiger partial charge in [0.15, 0.2) is 0 Å². The highest BCUT2D eigenvalue weighted by atomic mass is 35.5. The number of hydrogen-bond donors (Lipinski definition) is 2. The van der Waals surface area contributed by atoms with Crippen molar-refractivity contribution in [3.8, 4) is 0 Å². The van der Waals surface area contributed by atoms with E-state index in [1.165, 1.54) is 12.8 Å². The Hall–Kier alpha value is -1.63. The minimum absolute atomic E-state index is 0.0671. The molecule has 2 fully saturated rings. The maximum Gasteiger partial charge on any atom is 0.238 e. The van der Waals surface area contributed by atoms with E-state index in [4.69, 9.17) is 11.6 Å². The van der Waals surface area contributed by atoms with E-state index in [1.807, 2.05) is 12.1 Å². The molecule has 2 aliphatic rings. The zero-order valence-corrected chi connectivity index (χ0v) is 16.0. The van der Waals surface area contributed by atoms with Gasteiger partial charge in [-0.3, -0.25) is 19.4 Å². The molecular formula is C19H27ClN4O2. The minimum Gasteiger partial charge on any atom is -0.352 e. The first-order valence-electron chi connectivity index (χ1n) is 9.29. The van der Waals surface area contributed by atoms with Gasteiger partial charge in [0.25, 0.3) is 0 Å². The summed E-state index contributed by atoms with van der Waals surface area (Å²) in [6, 6.07) is 7.51. The summed E-state index contributed by atoms with van der Waals surface area (Å²) in [6.45, 7) is 6.02. The summed E-state index contributed by atoms with van der Waals surface area (Å²) in [5.41, 5.74) is 0.638. The fourth-order valence-corrected chi connectivity index (χ4v) is 3.46. The van der Waals surface area contributed by atoms with Crippen molar-refractivity contribution >= 4 is 29.1 Å². The Morgan fingerprint density at radius 2 is 1.65 bits per heavy atom. The van der Waals surface area contributed by atoms with E-state index in [0.29, 0.717) is 29.7 Å². The molecule has 0 aromatic heterocycles. The van der Waals surface area contributed by atoms with E-state index in [1.54, 1.807) is 12.1 Å². The Labute approximate surface area is 159 Å². The van der Waals surface area contributed by atoms with Gasteiger partial charge in [-0.1, -0.05) is 23.7 Å². The molecular weight excluding hydrogens is 352 g/mol. The van der Waals surface area contributed by atoms with Crippen LogP contribution < -0.4 is 10.6 Å². The van der Waals surface area contributed by atoms with E-state index in [2.05, 4.69) is 27.4 Å². The minimum atomic E-state index is -0.0671. The van der Waals surface area contributed by atoms with Crippen LogP contribution >= 0.6 is 11.6 Å². The van der Waals surface area contributed by atoms with E-state index >= 15 is 0 Å². The van der Waals surface area contributed by atoms with E-state index < -0.39 is 0 Å². The van der Waals surface area contributed by atoms with E-state index in [9.17, 15) is 9.59 Å². The second-order valence-corrected chi connectivity index (χ2v) is 7.68. The van der Waals surface area contributed by atoms with Crippen LogP contribution in [0.5, 0.6) is 0 Å². The number of hydrogen-bond acceptors (Lipinski definition) is 4. The first kappa shape index (κ1) is 19.1. The lowest BCUT2D eigenvalue weighted by Crippen LogP contribution is -2.51. The van der Waals surface area contributed by atoms with E-state index in [0.717, 1.165) is 26.2 Å². The van der Waals surface area contributed by atoms with Crippen molar-refractivity contribution in [1.82, 2.24) is 15.1 Å². The van der Waals surface area contributed by atoms with Crippen molar-refractivity contribution in [2.75, 3.05) is 44.6 Å². The molecule has 6 nitrogen and oxygen atoms in total. The second-order valence-electron chi connectivity index (χ2n) is 7.27. The van der Waals surface area contributed by atoms with Crippen molar-refractivity contribution in [2.45, 2.75) is 25.8 Å². The van der Waals surface area contributed by atoms with Crippen molar-refractivity contribution in [3.63, 3.8) is 0 Å². The number of anilines is 1. The molecule has 1 saturated heterocycles. The number of carbonyl (C=O) groups is 2. The average molecular weight is 379 g/mol. The maximum atomic E-state index is 12.2. The molecule has 1 aliphatic carbocycles. The van der Waals surface area contributed by atoms with Crippen LogP contribution in [0.4, 0.5) is 5.69 Å². The molecule has 1 heterocycles. The molecule has 26 heavy (non-hydrogen) atoms. The molecule has 1 aromatic carbocycles. The normalized spacial score (nSPS) is 19.8. The molecule has 1 aromatic rings. The highest BCUT2D eigenvalue weighted by molar-refractivity contribution is 6.33. The quantitative estimate of drug-likeness (QED) is 0.759. The Morgan fingerprint density at radius 1 is 1.08 bits per heavy atom. The summed E-state index contributed by atoms with van der Waals surface area (Å²) in [4.78, 5) is 28.6. The molecule has 0 radical (unpaired) electrons. The SMILES string of the molecule is C[C@@H](NC(=O)CN1CCN(CC(=O)Nc2ccccc2Cl)CC1)C1CC1. The molecule has 1 aliphatic heterocycles. The zero-order valence-electron chi connectivity index (χ0n) is 15.2. The highest BCUT2D eigenvalue weighted by Crippen LogP contribution is 2.32. The number of rotatable bonds is 7. The second kappa shape index (κ2) is 8.84. The largest absolute Gasteiger partial charge is 0.352 e. The van der Waals surface area contributed by atoms with Gasteiger partial charge in [0.05, 0.1) is 23.8 Å². The van der Waals surface area contributed by atoms with Crippen LogP contribution in [0, 0.1) is 5.92 Å². The average Bonchev–Trinajstić information content (AvgIpc) is 3.44. The third kappa shape index (κ3) is 5.69. The molecule has 2 N–H and O–H groups in total. The van der Waals surface area contributed by atoms with Crippen molar-refractivity contribution < 1.29 is 9.59 Å². The van der Waals surface area contributed by atoms with Crippen molar-refractivity contribution in [2.24, 2.45) is 5.92 Å². The van der Waals surface area contributed by atoms with Gasteiger partial charge in [0.1, 0.15) is 0 Å². The number of piperazine rings is 1. The number of nitrogens with zero attached hydrogens (tertiary/aromatic N) is 2. The van der Waals surface area contributed by atoms with Crippen LogP contribution in [0.2, 0.25) is 5.02 Å². The van der Waals surface area contributed by atoms with Crippen LogP contribution in [0.25, 0.3) is 0 Å². The number of benzene rings is 1. The van der Waals surface area contributed by atoms with Crippen LogP contribution in [0.3, 0.4) is 0 Å². The maximum absolute atomic E-state index is 12.2. The smallest absolute Gasteiger partial charge is 0.238 e. The molecule has 3 rings (SSSR count). The van der Waals surface area contributed by atoms with Gasteiger partial charge in [-0.05, 0) is 37.8 Å². The van der Waals surface area contributed by atoms with Crippen LogP contribution in [-0.4, -0.2) is 66.9 Å². The number of para-hydroxylation sites is 1. The van der Waals surface area contributed by atoms with Crippen molar-refractivity contribution in [3.05, 3.63) is 29.3 Å². The van der Waals surface area contributed by atoms with Crippen LogP contribution in [-0.2, 0) is 9.59 Å². The van der Waals surface area contributed by atoms with Gasteiger partial charge < -0.3 is 10.6 Å². The summed E-state index contributed by atoms with van der Waals surface area (Å²) in [5, 5.41) is 6.48. The molecule has 2 amide bonds. The number of amides is 2. The number of halogens is 1. The van der Waals surface area contributed by atoms with Gasteiger partial charge >= 0.3 is 0 Å². The Morgan fingerprint density at radius 3 is 2.23 bits per heavy atom. The highest BCUT2D eigenvalue weighted by Gasteiger charge is 2.29. The van der Waals surface area contributed by atoms with Crippen molar-refractivity contribution in [1.29, 1.82) is 0 Å². The number of nitrogens with one attached hydrogen (secondary N) is 2. The molecule has 0 spiro atoms. The summed E-state index contributed by atoms with van der Waals surface area (Å²) in [5.74, 6) is 0.712. The predicted octanol–water partition coefficient (Wildman–Crippen LogP) is 1.81. The lowest BCUT2D eigenvalue weighted by Gasteiger charge is -2.34. The third-order valence-electron chi connectivity index (χ3n) is 5.07. The van der Waals surface area contributed by atoms with Gasteiger partial charge in [0.2, 0.25) is 11.8 Å². The summed E-state index contributed by atoms with van der Waals surface area (Å²) >= 11 is 6.07. The first-order valence-corrected chi connectivity index (χ1v) is 9.67. The summed E-state index contributed by atoms with van der Waals surface area (Å²) in [6.07, 6.45) is 2.47. The Balaban J connectivity index is 1.36. The summed E-state index contributed by atoms with van der Waals surface area (Å²) in [7, 11) is 0. The lowest BCUT2D eigenvalue weighted by molar-refractivity contribution is -0.124. The molecule has 7 heteroatoms. The Kier molecular flexibility index (Phi) is 6.51. The lowest BCUT2D eigenvalue weighted by atomic mass is 10.2. The molecule has 142 valence electrons. The third-order valence-corrected chi connectivity index (χ3v) is 5.39. The molecule has 0 unspecified atom stereocenters. The Bertz CT molecular complexity index is 642. The topological polar surface area (TPSA) is 64.7 Å². The molecule has 1 atom stereocenters. The fraction of sp³-hybridized carbons (Fsp3) is 0.579. The standard InChI is InChI=1S/C19H27ClN4O2/c1-14(15-6-7-15)21-18(25)12-23-8-10-24(11-9-23)13-19(26)22-17-5-3-2-4-16(17)20/h2-5,14-15H,6-13H2,1H3,(H,21,25)(H,22,26)/t14-/m1/s1. The van der Waals surface area contributed by atoms with Gasteiger partial charge in [-0.25, -0.2) is 0 Å². The fourth-order valence-electron chi connectivity index (χ4n) is 3.28. The number of carbonyl (C=O) groups excluding carboxylic acids is 2. The van der Waals surface area contributed by atoms with Crippen LogP contribution in [0.15, 0.2) is 24.3 Å². The molecule has 0 bridgehead atoms.